The van der Waals surface area contributed by atoms with Crippen LogP contribution in [0.3, 0.4) is 0 Å². The molecule has 2 rings (SSSR count). The lowest BCUT2D eigenvalue weighted by Crippen LogP contribution is -2.47. The lowest BCUT2D eigenvalue weighted by atomic mass is 10.1. The highest BCUT2D eigenvalue weighted by Crippen LogP contribution is 2.20. The van der Waals surface area contributed by atoms with Gasteiger partial charge in [0, 0.05) is 25.1 Å². The summed E-state index contributed by atoms with van der Waals surface area (Å²) in [6.45, 7) is 14.5. The van der Waals surface area contributed by atoms with Crippen molar-refractivity contribution in [1.82, 2.24) is 15.4 Å². The number of nitrogens with zero attached hydrogens (tertiary/aromatic N) is 2. The molecule has 0 spiro atoms. The molecular formula is C19H35N3O3. The van der Waals surface area contributed by atoms with Crippen LogP contribution < -0.4 is 5.32 Å². The van der Waals surface area contributed by atoms with Crippen LogP contribution in [0.4, 0.5) is 0 Å². The molecule has 1 aliphatic heterocycles. The second-order valence-corrected chi connectivity index (χ2v) is 6.65. The van der Waals surface area contributed by atoms with Crippen molar-refractivity contribution in [2.45, 2.75) is 79.8 Å². The van der Waals surface area contributed by atoms with Crippen LogP contribution in [-0.2, 0) is 9.59 Å². The van der Waals surface area contributed by atoms with E-state index in [0.29, 0.717) is 12.3 Å². The van der Waals surface area contributed by atoms with Gasteiger partial charge in [0.15, 0.2) is 0 Å². The van der Waals surface area contributed by atoms with Gasteiger partial charge in [0.05, 0.1) is 5.69 Å². The summed E-state index contributed by atoms with van der Waals surface area (Å²) in [4.78, 5) is 25.7. The highest BCUT2D eigenvalue weighted by Gasteiger charge is 2.33. The Balaban J connectivity index is 0.000000596. The van der Waals surface area contributed by atoms with Gasteiger partial charge < -0.3 is 14.7 Å². The molecule has 0 aliphatic carbocycles. The fraction of sp³-hybridized carbons (Fsp3) is 0.737. The number of aromatic nitrogens is 1. The first kappa shape index (κ1) is 23.1. The van der Waals surface area contributed by atoms with E-state index in [-0.39, 0.29) is 23.9 Å². The van der Waals surface area contributed by atoms with Crippen LogP contribution in [0.5, 0.6) is 0 Å². The standard InChI is InChI=1S/C13H24N2O2.C4H5NO.C2H6/c1-9(2)8-12(16)15-7-5-6-11(15)13(17)14-10(3)4;1-4-2-3-6-5-4;1-2/h9-11H,5-8H2,1-4H3,(H,14,17);2-3H,1H3;1-2H3. The molecule has 1 unspecified atom stereocenters. The Hall–Kier alpha value is -1.85. The van der Waals surface area contributed by atoms with Gasteiger partial charge in [0.1, 0.15) is 12.3 Å². The van der Waals surface area contributed by atoms with Crippen LogP contribution in [-0.4, -0.2) is 40.5 Å². The summed E-state index contributed by atoms with van der Waals surface area (Å²) in [7, 11) is 0. The molecular weight excluding hydrogens is 318 g/mol. The van der Waals surface area contributed by atoms with E-state index in [0.717, 1.165) is 25.1 Å². The largest absolute Gasteiger partial charge is 0.365 e. The number of hydrogen-bond acceptors (Lipinski definition) is 4. The van der Waals surface area contributed by atoms with Crippen LogP contribution in [0, 0.1) is 12.8 Å². The smallest absolute Gasteiger partial charge is 0.243 e. The summed E-state index contributed by atoms with van der Waals surface area (Å²) in [6.07, 6.45) is 3.81. The van der Waals surface area contributed by atoms with Crippen molar-refractivity contribution in [3.63, 3.8) is 0 Å². The molecule has 1 atom stereocenters. The Kier molecular flexibility index (Phi) is 11.6. The zero-order valence-corrected chi connectivity index (χ0v) is 16.8. The second-order valence-electron chi connectivity index (χ2n) is 6.65. The molecule has 1 saturated heterocycles. The van der Waals surface area contributed by atoms with Gasteiger partial charge in [0.2, 0.25) is 11.8 Å². The fourth-order valence-corrected chi connectivity index (χ4v) is 2.46. The lowest BCUT2D eigenvalue weighted by molar-refractivity contribution is -0.139. The van der Waals surface area contributed by atoms with Gasteiger partial charge in [0.25, 0.3) is 0 Å². The van der Waals surface area contributed by atoms with E-state index >= 15 is 0 Å². The first-order valence-electron chi connectivity index (χ1n) is 9.28. The maximum absolute atomic E-state index is 12.0. The van der Waals surface area contributed by atoms with Crippen LogP contribution in [0.1, 0.15) is 66.5 Å². The van der Waals surface area contributed by atoms with Crippen molar-refractivity contribution in [2.24, 2.45) is 5.92 Å². The molecule has 1 N–H and O–H groups in total. The molecule has 1 fully saturated rings. The average Bonchev–Trinajstić information content (AvgIpc) is 3.19. The third-order valence-corrected chi connectivity index (χ3v) is 3.46. The highest BCUT2D eigenvalue weighted by molar-refractivity contribution is 5.88. The number of hydrogen-bond donors (Lipinski definition) is 1. The topological polar surface area (TPSA) is 75.4 Å². The van der Waals surface area contributed by atoms with Gasteiger partial charge in [-0.3, -0.25) is 9.59 Å². The zero-order chi connectivity index (χ0) is 19.4. The van der Waals surface area contributed by atoms with Gasteiger partial charge in [-0.05, 0) is 39.5 Å². The minimum Gasteiger partial charge on any atom is -0.365 e. The first-order valence-corrected chi connectivity index (χ1v) is 9.28. The molecule has 0 saturated carbocycles. The molecule has 0 radical (unpaired) electrons. The van der Waals surface area contributed by atoms with Crippen LogP contribution in [0.25, 0.3) is 0 Å². The summed E-state index contributed by atoms with van der Waals surface area (Å²) in [6, 6.07) is 1.69. The summed E-state index contributed by atoms with van der Waals surface area (Å²) >= 11 is 0. The van der Waals surface area contributed by atoms with Gasteiger partial charge in [-0.25, -0.2) is 0 Å². The van der Waals surface area contributed by atoms with Crippen LogP contribution >= 0.6 is 0 Å². The predicted octanol–water partition coefficient (Wildman–Crippen LogP) is 3.56. The number of aryl methyl sites for hydroxylation is 1. The minimum absolute atomic E-state index is 0.00499. The number of rotatable bonds is 4. The second kappa shape index (κ2) is 12.5. The monoisotopic (exact) mass is 353 g/mol. The number of nitrogens with one attached hydrogen (secondary N) is 1. The highest BCUT2D eigenvalue weighted by atomic mass is 16.5. The first-order chi connectivity index (χ1) is 11.8. The Bertz CT molecular complexity index is 456. The van der Waals surface area contributed by atoms with Gasteiger partial charge in [-0.1, -0.05) is 32.9 Å². The van der Waals surface area contributed by atoms with E-state index in [9.17, 15) is 9.59 Å². The molecule has 2 amide bonds. The van der Waals surface area contributed by atoms with E-state index in [1.165, 1.54) is 0 Å². The molecule has 25 heavy (non-hydrogen) atoms. The number of carbonyl (C=O) groups is 2. The van der Waals surface area contributed by atoms with Crippen molar-refractivity contribution >= 4 is 11.8 Å². The molecule has 0 bridgehead atoms. The maximum Gasteiger partial charge on any atom is 0.243 e. The lowest BCUT2D eigenvalue weighted by Gasteiger charge is -2.25. The van der Waals surface area contributed by atoms with Crippen molar-refractivity contribution < 1.29 is 14.1 Å². The normalized spacial score (nSPS) is 16.0. The number of amides is 2. The third-order valence-electron chi connectivity index (χ3n) is 3.46. The molecule has 144 valence electrons. The Morgan fingerprint density at radius 2 is 1.96 bits per heavy atom. The molecule has 0 aromatic carbocycles. The summed E-state index contributed by atoms with van der Waals surface area (Å²) < 4.78 is 4.46. The molecule has 2 heterocycles. The van der Waals surface area contributed by atoms with Crippen LogP contribution in [0.2, 0.25) is 0 Å². The molecule has 6 heteroatoms. The van der Waals surface area contributed by atoms with E-state index in [4.69, 9.17) is 0 Å². The Morgan fingerprint density at radius 1 is 1.32 bits per heavy atom. The maximum atomic E-state index is 12.0. The van der Waals surface area contributed by atoms with Gasteiger partial charge >= 0.3 is 0 Å². The van der Waals surface area contributed by atoms with Gasteiger partial charge in [-0.2, -0.15) is 0 Å². The third kappa shape index (κ3) is 9.27. The van der Waals surface area contributed by atoms with E-state index in [1.54, 1.807) is 17.2 Å². The van der Waals surface area contributed by atoms with Crippen LogP contribution in [0.15, 0.2) is 16.9 Å². The van der Waals surface area contributed by atoms with Crippen molar-refractivity contribution in [1.29, 1.82) is 0 Å². The zero-order valence-electron chi connectivity index (χ0n) is 16.8. The van der Waals surface area contributed by atoms with Gasteiger partial charge in [-0.15, -0.1) is 0 Å². The summed E-state index contributed by atoms with van der Waals surface area (Å²) in [5.41, 5.74) is 0.926. The molecule has 1 aromatic rings. The number of carbonyl (C=O) groups excluding carboxylic acids is 2. The minimum atomic E-state index is -0.247. The molecule has 1 aliphatic rings. The van der Waals surface area contributed by atoms with Crippen molar-refractivity contribution in [2.75, 3.05) is 6.54 Å². The summed E-state index contributed by atoms with van der Waals surface area (Å²) in [5.74, 6) is 0.452. The number of likely N-dealkylation sites (tertiary alicyclic amines) is 1. The summed E-state index contributed by atoms with van der Waals surface area (Å²) in [5, 5.41) is 6.43. The molecule has 1 aromatic heterocycles. The predicted molar refractivity (Wildman–Crippen MR) is 100 cm³/mol. The fourth-order valence-electron chi connectivity index (χ4n) is 2.46. The quantitative estimate of drug-likeness (QED) is 0.898. The average molecular weight is 354 g/mol. The van der Waals surface area contributed by atoms with E-state index < -0.39 is 0 Å². The Labute approximate surface area is 152 Å². The Morgan fingerprint density at radius 3 is 2.36 bits per heavy atom. The van der Waals surface area contributed by atoms with Crippen molar-refractivity contribution in [3.8, 4) is 0 Å². The van der Waals surface area contributed by atoms with E-state index in [1.807, 2.05) is 48.5 Å². The SMILES string of the molecule is CC.CC(C)CC(=O)N1CCCC1C(=O)NC(C)C.Cc1ccon1. The molecule has 6 nitrogen and oxygen atoms in total. The van der Waals surface area contributed by atoms with E-state index in [2.05, 4.69) is 15.0 Å². The van der Waals surface area contributed by atoms with Crippen molar-refractivity contribution in [3.05, 3.63) is 18.0 Å².